The number of carbonyl (C=O) groups is 2. The van der Waals surface area contributed by atoms with Gasteiger partial charge < -0.3 is 0 Å². The third kappa shape index (κ3) is 4.73. The van der Waals surface area contributed by atoms with E-state index in [0.29, 0.717) is 33.3 Å². The molecule has 0 aliphatic carbocycles. The molecule has 32 heavy (non-hydrogen) atoms. The monoisotopic (exact) mass is 518 g/mol. The summed E-state index contributed by atoms with van der Waals surface area (Å²) < 4.78 is 29.4. The van der Waals surface area contributed by atoms with Crippen LogP contribution in [0.3, 0.4) is 0 Å². The second-order valence-corrected chi connectivity index (χ2v) is 11.3. The van der Waals surface area contributed by atoms with Crippen LogP contribution in [0, 0.1) is 0 Å². The van der Waals surface area contributed by atoms with E-state index < -0.39 is 24.5 Å². The molecule has 10 heteroatoms. The fourth-order valence-electron chi connectivity index (χ4n) is 3.47. The van der Waals surface area contributed by atoms with Crippen molar-refractivity contribution in [3.8, 4) is 5.69 Å². The first kappa shape index (κ1) is 22.5. The molecule has 166 valence electrons. The zero-order valence-electron chi connectivity index (χ0n) is 17.5. The normalized spacial score (nSPS) is 15.6. The van der Waals surface area contributed by atoms with Crippen LogP contribution in [0.2, 0.25) is 0 Å². The molecule has 0 saturated carbocycles. The summed E-state index contributed by atoms with van der Waals surface area (Å²) in [4.78, 5) is 28.9. The standard InChI is InChI=1S/C22H22N4O4SSe/c1-16(27)23-22-26(18-8-4-2-5-9-18)24-21(32-22)20(28)17-10-12-19(13-11-17)31(29,30)25-14-6-3-7-15-25/h2,4-5,8-13H,3,6-7,14-15H2,1H3. The van der Waals surface area contributed by atoms with Crippen molar-refractivity contribution in [2.45, 2.75) is 31.1 Å². The molecule has 4 rings (SSSR count). The third-order valence-electron chi connectivity index (χ3n) is 5.08. The molecule has 1 aliphatic rings. The van der Waals surface area contributed by atoms with Gasteiger partial charge >= 0.3 is 192 Å². The van der Waals surface area contributed by atoms with Crippen LogP contribution in [0.15, 0.2) is 64.5 Å². The number of carbonyl (C=O) groups excluding carboxylic acids is 2. The van der Waals surface area contributed by atoms with Crippen LogP contribution in [-0.4, -0.2) is 61.8 Å². The average Bonchev–Trinajstić information content (AvgIpc) is 3.23. The molecule has 1 aliphatic heterocycles. The number of rotatable bonds is 5. The van der Waals surface area contributed by atoms with Crippen molar-refractivity contribution in [1.82, 2.24) is 14.1 Å². The Morgan fingerprint density at radius 2 is 1.62 bits per heavy atom. The van der Waals surface area contributed by atoms with Gasteiger partial charge in [-0.2, -0.15) is 0 Å². The molecular weight excluding hydrogens is 495 g/mol. The van der Waals surface area contributed by atoms with Crippen LogP contribution in [0.5, 0.6) is 0 Å². The first-order valence-electron chi connectivity index (χ1n) is 10.2. The molecule has 1 aromatic heterocycles. The van der Waals surface area contributed by atoms with Gasteiger partial charge in [0.1, 0.15) is 0 Å². The summed E-state index contributed by atoms with van der Waals surface area (Å²) in [5, 5.41) is 4.43. The van der Waals surface area contributed by atoms with Crippen molar-refractivity contribution in [3.63, 3.8) is 0 Å². The summed E-state index contributed by atoms with van der Waals surface area (Å²) in [5.41, 5.74) is 1.06. The number of hydrogen-bond donors (Lipinski definition) is 0. The molecule has 2 aromatic carbocycles. The Morgan fingerprint density at radius 3 is 2.25 bits per heavy atom. The number of aromatic nitrogens is 2. The number of amides is 1. The SMILES string of the molecule is CC(=O)N=c1[se]c(C(=O)c2ccc(S(=O)(=O)N3CCCCC3)cc2)nn1-c1ccccc1. The molecule has 3 aromatic rings. The number of benzene rings is 2. The van der Waals surface area contributed by atoms with E-state index in [1.807, 2.05) is 30.3 Å². The van der Waals surface area contributed by atoms with Gasteiger partial charge in [-0.05, 0) is 0 Å². The van der Waals surface area contributed by atoms with Crippen molar-refractivity contribution in [2.75, 3.05) is 13.1 Å². The van der Waals surface area contributed by atoms with E-state index in [2.05, 4.69) is 10.1 Å². The average molecular weight is 517 g/mol. The molecule has 0 unspecified atom stereocenters. The van der Waals surface area contributed by atoms with Crippen LogP contribution in [0.4, 0.5) is 0 Å². The van der Waals surface area contributed by atoms with Crippen molar-refractivity contribution < 1.29 is 18.0 Å². The van der Waals surface area contributed by atoms with E-state index in [0.717, 1.165) is 19.3 Å². The number of ketones is 1. The van der Waals surface area contributed by atoms with Gasteiger partial charge in [-0.15, -0.1) is 0 Å². The van der Waals surface area contributed by atoms with E-state index in [1.165, 1.54) is 40.2 Å². The van der Waals surface area contributed by atoms with E-state index >= 15 is 0 Å². The summed E-state index contributed by atoms with van der Waals surface area (Å²) >= 11 is -0.558. The number of para-hydroxylation sites is 1. The fraction of sp³-hybridized carbons (Fsp3) is 0.273. The Hall–Kier alpha value is -2.65. The maximum atomic E-state index is 13.1. The zero-order chi connectivity index (χ0) is 22.7. The number of nitrogens with zero attached hydrogens (tertiary/aromatic N) is 4. The van der Waals surface area contributed by atoms with Gasteiger partial charge in [0.25, 0.3) is 0 Å². The topological polar surface area (TPSA) is 102 Å². The predicted octanol–water partition coefficient (Wildman–Crippen LogP) is 1.78. The molecular formula is C22H22N4O4SSe. The summed E-state index contributed by atoms with van der Waals surface area (Å²) in [7, 11) is -3.56. The first-order chi connectivity index (χ1) is 15.4. The molecule has 0 radical (unpaired) electrons. The first-order valence-corrected chi connectivity index (χ1v) is 13.4. The second kappa shape index (κ2) is 9.46. The summed E-state index contributed by atoms with van der Waals surface area (Å²) in [6.07, 6.45) is 2.76. The van der Waals surface area contributed by atoms with E-state index in [4.69, 9.17) is 0 Å². The van der Waals surface area contributed by atoms with Crippen molar-refractivity contribution in [3.05, 3.63) is 69.1 Å². The summed E-state index contributed by atoms with van der Waals surface area (Å²) in [5.74, 6) is -0.666. The Labute approximate surface area is 192 Å². The van der Waals surface area contributed by atoms with Crippen LogP contribution in [0.25, 0.3) is 5.69 Å². The van der Waals surface area contributed by atoms with Gasteiger partial charge in [-0.1, -0.05) is 0 Å². The second-order valence-electron chi connectivity index (χ2n) is 7.39. The Bertz CT molecular complexity index is 1310. The minimum absolute atomic E-state index is 0.180. The third-order valence-corrected chi connectivity index (χ3v) is 8.89. The number of hydrogen-bond acceptors (Lipinski definition) is 5. The van der Waals surface area contributed by atoms with Gasteiger partial charge in [0.2, 0.25) is 0 Å². The fourth-order valence-corrected chi connectivity index (χ4v) is 6.91. The maximum absolute atomic E-state index is 13.1. The van der Waals surface area contributed by atoms with Gasteiger partial charge in [0, 0.05) is 0 Å². The molecule has 8 nitrogen and oxygen atoms in total. The number of piperidine rings is 1. The van der Waals surface area contributed by atoms with Gasteiger partial charge in [-0.3, -0.25) is 0 Å². The van der Waals surface area contributed by atoms with Gasteiger partial charge in [-0.25, -0.2) is 0 Å². The van der Waals surface area contributed by atoms with Gasteiger partial charge in [0.15, 0.2) is 0 Å². The van der Waals surface area contributed by atoms with E-state index in [-0.39, 0.29) is 16.6 Å². The van der Waals surface area contributed by atoms with E-state index in [9.17, 15) is 18.0 Å². The zero-order valence-corrected chi connectivity index (χ0v) is 20.0. The molecule has 0 bridgehead atoms. The van der Waals surface area contributed by atoms with Crippen molar-refractivity contribution in [1.29, 1.82) is 0 Å². The van der Waals surface area contributed by atoms with Crippen molar-refractivity contribution >= 4 is 36.2 Å². The molecule has 1 saturated heterocycles. The quantitative estimate of drug-likeness (QED) is 0.379. The predicted molar refractivity (Wildman–Crippen MR) is 119 cm³/mol. The van der Waals surface area contributed by atoms with Crippen LogP contribution in [0.1, 0.15) is 41.1 Å². The molecule has 1 amide bonds. The molecule has 0 N–H and O–H groups in total. The Morgan fingerprint density at radius 1 is 0.969 bits per heavy atom. The van der Waals surface area contributed by atoms with E-state index in [1.54, 1.807) is 0 Å². The molecule has 0 spiro atoms. The Balaban J connectivity index is 1.65. The van der Waals surface area contributed by atoms with Crippen LogP contribution in [-0.2, 0) is 14.8 Å². The van der Waals surface area contributed by atoms with Crippen LogP contribution < -0.4 is 4.36 Å². The van der Waals surface area contributed by atoms with Crippen LogP contribution >= 0.6 is 0 Å². The number of sulfonamides is 1. The molecule has 1 fully saturated rings. The molecule has 0 atom stereocenters. The summed E-state index contributed by atoms with van der Waals surface area (Å²) in [6, 6.07) is 15.2. The van der Waals surface area contributed by atoms with Crippen molar-refractivity contribution in [2.24, 2.45) is 4.99 Å². The summed E-state index contributed by atoms with van der Waals surface area (Å²) in [6.45, 7) is 2.40. The minimum atomic E-state index is -3.56. The Kier molecular flexibility index (Phi) is 6.66. The van der Waals surface area contributed by atoms with Gasteiger partial charge in [0.05, 0.1) is 0 Å². The molecule has 2 heterocycles.